The van der Waals surface area contributed by atoms with E-state index in [2.05, 4.69) is 203 Å². The van der Waals surface area contributed by atoms with Crippen LogP contribution in [0.1, 0.15) is 44.4 Å². The molecule has 302 valence electrons. The minimum absolute atomic E-state index is 0.371. The Hall–Kier alpha value is -1.34. The zero-order chi connectivity index (χ0) is 42.6. The van der Waals surface area contributed by atoms with Gasteiger partial charge in [0.15, 0.2) is 8.07 Å². The van der Waals surface area contributed by atoms with Gasteiger partial charge in [0.05, 0.1) is 48.4 Å². The summed E-state index contributed by atoms with van der Waals surface area (Å²) in [6.07, 6.45) is 0. The quantitative estimate of drug-likeness (QED) is 0.141. The van der Waals surface area contributed by atoms with Crippen LogP contribution in [0.3, 0.4) is 0 Å². The first-order valence-electron chi connectivity index (χ1n) is 21.3. The molecule has 7 heteroatoms. The SMILES string of the molecule is CC1=C(C)C([Si](c2ccc([Si](C)(C)C)c([Si](C)(C)C)c2C)(c2ccc([Si](C)(C)C)c([Si](C)(C)C)c2C)c2ccc([Si](C)(C)C)c([Si](C)(C)C)c2C)C(C)=C1C. The van der Waals surface area contributed by atoms with Crippen LogP contribution < -0.4 is 46.7 Å². The lowest BCUT2D eigenvalue weighted by Crippen LogP contribution is -2.76. The molecule has 0 bridgehead atoms. The van der Waals surface area contributed by atoms with Gasteiger partial charge in [-0.2, -0.15) is 0 Å². The predicted molar refractivity (Wildman–Crippen MR) is 277 cm³/mol. The fraction of sp³-hybridized carbons (Fsp3) is 0.542. The Balaban J connectivity index is 2.58. The first-order valence-corrected chi connectivity index (χ1v) is 44.4. The number of hydrogen-bond donors (Lipinski definition) is 0. The second kappa shape index (κ2) is 14.7. The van der Waals surface area contributed by atoms with E-state index in [0.29, 0.717) is 5.54 Å². The summed E-state index contributed by atoms with van der Waals surface area (Å²) in [6, 6.07) is 16.3. The summed E-state index contributed by atoms with van der Waals surface area (Å²) >= 11 is 0. The molecule has 0 amide bonds. The molecule has 0 N–H and O–H groups in total. The van der Waals surface area contributed by atoms with Gasteiger partial charge < -0.3 is 0 Å². The lowest BCUT2D eigenvalue weighted by Gasteiger charge is -2.47. The third-order valence-electron chi connectivity index (χ3n) is 13.4. The minimum atomic E-state index is -2.91. The average molecular weight is 856 g/mol. The minimum Gasteiger partial charge on any atom is -0.0656 e. The fourth-order valence-electron chi connectivity index (χ4n) is 11.1. The summed E-state index contributed by atoms with van der Waals surface area (Å²) in [6.45, 7) is 64.6. The van der Waals surface area contributed by atoms with Gasteiger partial charge in [0, 0.05) is 5.54 Å². The van der Waals surface area contributed by atoms with Gasteiger partial charge in [-0.15, -0.1) is 0 Å². The van der Waals surface area contributed by atoms with E-state index in [0.717, 1.165) is 0 Å². The molecule has 0 aliphatic heterocycles. The summed E-state index contributed by atoms with van der Waals surface area (Å²) in [5.41, 5.74) is 11.6. The van der Waals surface area contributed by atoms with Crippen molar-refractivity contribution in [1.29, 1.82) is 0 Å². The van der Waals surface area contributed by atoms with Crippen molar-refractivity contribution in [3.63, 3.8) is 0 Å². The smallest absolute Gasteiger partial charge is 0.0656 e. The molecule has 1 aliphatic rings. The maximum absolute atomic E-state index is 2.91. The number of rotatable bonds is 10. The molecule has 0 heterocycles. The van der Waals surface area contributed by atoms with Crippen LogP contribution in [0.25, 0.3) is 0 Å². The van der Waals surface area contributed by atoms with Crippen molar-refractivity contribution in [2.75, 3.05) is 0 Å². The van der Waals surface area contributed by atoms with E-state index in [1.165, 1.54) is 11.1 Å². The van der Waals surface area contributed by atoms with E-state index in [1.54, 1.807) is 74.5 Å². The van der Waals surface area contributed by atoms with Crippen LogP contribution in [0.4, 0.5) is 0 Å². The van der Waals surface area contributed by atoms with Crippen molar-refractivity contribution in [3.8, 4) is 0 Å². The van der Waals surface area contributed by atoms with E-state index in [-0.39, 0.29) is 0 Å². The molecule has 0 saturated heterocycles. The van der Waals surface area contributed by atoms with E-state index in [1.807, 2.05) is 0 Å². The largest absolute Gasteiger partial charge is 0.160 e. The third-order valence-corrected chi connectivity index (χ3v) is 32.6. The first kappa shape index (κ1) is 46.3. The normalized spacial score (nSPS) is 15.9. The summed E-state index contributed by atoms with van der Waals surface area (Å²) in [4.78, 5) is 0. The van der Waals surface area contributed by atoms with Gasteiger partial charge in [-0.25, -0.2) is 0 Å². The lowest BCUT2D eigenvalue weighted by molar-refractivity contribution is 1.09. The van der Waals surface area contributed by atoms with Crippen LogP contribution in [0.2, 0.25) is 123 Å². The predicted octanol–water partition coefficient (Wildman–Crippen LogP) is 9.41. The van der Waals surface area contributed by atoms with Crippen LogP contribution in [0.5, 0.6) is 0 Å². The van der Waals surface area contributed by atoms with E-state index < -0.39 is 56.5 Å². The lowest BCUT2D eigenvalue weighted by atomic mass is 10.1. The fourth-order valence-corrected chi connectivity index (χ4v) is 36.0. The molecule has 0 unspecified atom stereocenters. The molecule has 0 atom stereocenters. The molecule has 0 aromatic heterocycles. The van der Waals surface area contributed by atoms with Gasteiger partial charge in [0.1, 0.15) is 0 Å². The molecule has 0 saturated carbocycles. The molecular weight excluding hydrogens is 773 g/mol. The van der Waals surface area contributed by atoms with Crippen molar-refractivity contribution in [1.82, 2.24) is 0 Å². The highest BCUT2D eigenvalue weighted by atomic mass is 28.3. The van der Waals surface area contributed by atoms with E-state index in [4.69, 9.17) is 0 Å². The number of allylic oxidation sites excluding steroid dienone is 4. The van der Waals surface area contributed by atoms with Gasteiger partial charge in [-0.3, -0.25) is 0 Å². The molecule has 0 nitrogen and oxygen atoms in total. The third kappa shape index (κ3) is 8.04. The van der Waals surface area contributed by atoms with E-state index in [9.17, 15) is 0 Å². The Bertz CT molecular complexity index is 1850. The maximum Gasteiger partial charge on any atom is 0.160 e. The molecule has 3 aromatic rings. The van der Waals surface area contributed by atoms with Crippen molar-refractivity contribution in [3.05, 3.63) is 75.4 Å². The average Bonchev–Trinajstić information content (AvgIpc) is 3.17. The first-order chi connectivity index (χ1) is 24.5. The van der Waals surface area contributed by atoms with Crippen molar-refractivity contribution < 1.29 is 0 Å². The van der Waals surface area contributed by atoms with Crippen molar-refractivity contribution in [2.45, 2.75) is 172 Å². The Morgan fingerprint density at radius 2 is 0.491 bits per heavy atom. The van der Waals surface area contributed by atoms with Crippen LogP contribution in [-0.4, -0.2) is 56.5 Å². The summed E-state index contributed by atoms with van der Waals surface area (Å²) < 4.78 is 0. The zero-order valence-corrected chi connectivity index (χ0v) is 47.5. The maximum atomic E-state index is 2.74. The molecule has 4 rings (SSSR count). The van der Waals surface area contributed by atoms with E-state index >= 15 is 0 Å². The molecule has 55 heavy (non-hydrogen) atoms. The van der Waals surface area contributed by atoms with Crippen LogP contribution in [0, 0.1) is 20.8 Å². The Labute approximate surface area is 348 Å². The van der Waals surface area contributed by atoms with Gasteiger partial charge in [-0.1, -0.05) is 213 Å². The topological polar surface area (TPSA) is 0 Å². The Morgan fingerprint density at radius 3 is 0.673 bits per heavy atom. The molecule has 0 fully saturated rings. The zero-order valence-electron chi connectivity index (χ0n) is 40.5. The molecule has 1 aliphatic carbocycles. The standard InChI is InChI=1S/C48H82Si7/c1-32-33(2)35(4)45(34(32)3)55(39-26-29-42(49(8,9)10)46(36(39)5)52(17,18)19,40-27-30-43(50(11,12)13)47(37(40)6)53(20,21)22)41-28-31-44(51(14,15)16)48(38(41)7)54(23,24)25/h26-31,45H,1-25H3. The van der Waals surface area contributed by atoms with Crippen molar-refractivity contribution >= 4 is 103 Å². The molecular formula is C48H82Si7. The van der Waals surface area contributed by atoms with Gasteiger partial charge in [0.2, 0.25) is 0 Å². The van der Waals surface area contributed by atoms with Crippen LogP contribution in [0.15, 0.2) is 58.7 Å². The van der Waals surface area contributed by atoms with Crippen LogP contribution in [-0.2, 0) is 0 Å². The highest BCUT2D eigenvalue weighted by molar-refractivity contribution is 7.15. The van der Waals surface area contributed by atoms with Gasteiger partial charge in [0.25, 0.3) is 0 Å². The molecule has 3 aromatic carbocycles. The second-order valence-corrected chi connectivity index (χ2v) is 57.8. The Kier molecular flexibility index (Phi) is 12.4. The van der Waals surface area contributed by atoms with Crippen molar-refractivity contribution in [2.24, 2.45) is 0 Å². The number of benzene rings is 3. The highest BCUT2D eigenvalue weighted by Gasteiger charge is 2.54. The van der Waals surface area contributed by atoms with Crippen LogP contribution >= 0.6 is 0 Å². The summed E-state index contributed by atoms with van der Waals surface area (Å²) in [5, 5.41) is 15.5. The Morgan fingerprint density at radius 1 is 0.291 bits per heavy atom. The van der Waals surface area contributed by atoms with Gasteiger partial charge >= 0.3 is 0 Å². The summed E-state index contributed by atoms with van der Waals surface area (Å²) in [7, 11) is -13.1. The summed E-state index contributed by atoms with van der Waals surface area (Å²) in [5.74, 6) is 0. The number of hydrogen-bond acceptors (Lipinski definition) is 0. The van der Waals surface area contributed by atoms with Gasteiger partial charge in [-0.05, 0) is 75.2 Å². The highest BCUT2D eigenvalue weighted by Crippen LogP contribution is 2.47. The monoisotopic (exact) mass is 854 g/mol. The molecule has 0 radical (unpaired) electrons. The molecule has 0 spiro atoms. The second-order valence-electron chi connectivity index (χ2n) is 23.8.